The number of hydrogen-bond donors (Lipinski definition) is 0. The molecule has 1 aliphatic heterocycles. The van der Waals surface area contributed by atoms with Crippen LogP contribution in [0.2, 0.25) is 0 Å². The molecule has 3 aromatic rings. The molecule has 32 heavy (non-hydrogen) atoms. The number of imide groups is 1. The van der Waals surface area contributed by atoms with Crippen LogP contribution in [0.1, 0.15) is 23.6 Å². The minimum absolute atomic E-state index is 0.100. The number of carbonyl (C=O) groups excluding carboxylic acids is 2. The van der Waals surface area contributed by atoms with Crippen molar-refractivity contribution in [1.82, 2.24) is 9.99 Å². The number of aromatic nitrogens is 1. The Morgan fingerprint density at radius 2 is 1.81 bits per heavy atom. The van der Waals surface area contributed by atoms with E-state index in [2.05, 4.69) is 10.1 Å². The SMILES string of the molecule is CC(=O)N1C(=O)N(/N=C/c2cccnc2)Cc2cc(-c3ccc(C(F)(F)F)cc3)ccc21. The summed E-state index contributed by atoms with van der Waals surface area (Å²) in [6.07, 6.45) is 0.245. The number of rotatable bonds is 3. The highest BCUT2D eigenvalue weighted by Gasteiger charge is 2.33. The molecule has 0 atom stereocenters. The van der Waals surface area contributed by atoms with Crippen molar-refractivity contribution < 1.29 is 22.8 Å². The molecule has 2 heterocycles. The Bertz CT molecular complexity index is 1190. The van der Waals surface area contributed by atoms with E-state index in [0.717, 1.165) is 22.0 Å². The van der Waals surface area contributed by atoms with E-state index in [1.165, 1.54) is 25.3 Å². The molecule has 1 aliphatic rings. The van der Waals surface area contributed by atoms with Crippen LogP contribution in [0.25, 0.3) is 11.1 Å². The number of amides is 3. The highest BCUT2D eigenvalue weighted by molar-refractivity contribution is 6.15. The second kappa shape index (κ2) is 8.26. The van der Waals surface area contributed by atoms with Crippen molar-refractivity contribution in [2.45, 2.75) is 19.6 Å². The monoisotopic (exact) mass is 438 g/mol. The van der Waals surface area contributed by atoms with Crippen molar-refractivity contribution in [2.75, 3.05) is 4.90 Å². The zero-order chi connectivity index (χ0) is 22.9. The Morgan fingerprint density at radius 1 is 1.09 bits per heavy atom. The number of pyridine rings is 1. The maximum atomic E-state index is 12.8. The third-order valence-electron chi connectivity index (χ3n) is 4.94. The van der Waals surface area contributed by atoms with Crippen LogP contribution >= 0.6 is 0 Å². The lowest BCUT2D eigenvalue weighted by Gasteiger charge is -2.32. The molecule has 0 unspecified atom stereocenters. The van der Waals surface area contributed by atoms with E-state index < -0.39 is 23.7 Å². The molecule has 3 amide bonds. The standard InChI is InChI=1S/C23H17F3N4O2/c1-15(31)30-21-9-6-18(17-4-7-20(8-5-17)23(24,25)26)11-19(21)14-29(22(30)32)28-13-16-3-2-10-27-12-16/h2-13H,14H2,1H3/b28-13+. The summed E-state index contributed by atoms with van der Waals surface area (Å²) in [5.74, 6) is -0.472. The third-order valence-corrected chi connectivity index (χ3v) is 4.94. The molecular weight excluding hydrogens is 421 g/mol. The first kappa shape index (κ1) is 21.2. The van der Waals surface area contributed by atoms with Crippen LogP contribution in [-0.2, 0) is 17.5 Å². The van der Waals surface area contributed by atoms with Crippen molar-refractivity contribution in [3.05, 3.63) is 83.7 Å². The van der Waals surface area contributed by atoms with Crippen LogP contribution < -0.4 is 4.90 Å². The fraction of sp³-hybridized carbons (Fsp3) is 0.130. The molecule has 162 valence electrons. The fourth-order valence-electron chi connectivity index (χ4n) is 3.39. The van der Waals surface area contributed by atoms with Gasteiger partial charge in [0.25, 0.3) is 0 Å². The highest BCUT2D eigenvalue weighted by atomic mass is 19.4. The van der Waals surface area contributed by atoms with Gasteiger partial charge in [-0.15, -0.1) is 0 Å². The lowest BCUT2D eigenvalue weighted by molar-refractivity contribution is -0.137. The molecule has 0 radical (unpaired) electrons. The van der Waals surface area contributed by atoms with Gasteiger partial charge >= 0.3 is 12.2 Å². The minimum Gasteiger partial charge on any atom is -0.274 e. The van der Waals surface area contributed by atoms with E-state index in [1.807, 2.05) is 0 Å². The Morgan fingerprint density at radius 3 is 2.44 bits per heavy atom. The summed E-state index contributed by atoms with van der Waals surface area (Å²) in [6.45, 7) is 1.38. The number of nitrogens with zero attached hydrogens (tertiary/aromatic N) is 4. The van der Waals surface area contributed by atoms with E-state index in [1.54, 1.807) is 42.7 Å². The molecule has 0 aliphatic carbocycles. The van der Waals surface area contributed by atoms with E-state index in [0.29, 0.717) is 27.9 Å². The summed E-state index contributed by atoms with van der Waals surface area (Å²) in [7, 11) is 0. The topological polar surface area (TPSA) is 65.9 Å². The van der Waals surface area contributed by atoms with Gasteiger partial charge in [-0.2, -0.15) is 18.3 Å². The van der Waals surface area contributed by atoms with Crippen LogP contribution in [0.15, 0.2) is 72.1 Å². The number of urea groups is 1. The Balaban J connectivity index is 1.68. The summed E-state index contributed by atoms with van der Waals surface area (Å²) in [5.41, 5.74) is 2.25. The molecule has 1 aromatic heterocycles. The van der Waals surface area contributed by atoms with Crippen LogP contribution in [0, 0.1) is 0 Å². The van der Waals surface area contributed by atoms with Gasteiger partial charge in [-0.3, -0.25) is 9.78 Å². The molecular formula is C23H17F3N4O2. The first-order valence-electron chi connectivity index (χ1n) is 9.61. The number of halogens is 3. The van der Waals surface area contributed by atoms with Crippen molar-refractivity contribution in [1.29, 1.82) is 0 Å². The number of alkyl halides is 3. The van der Waals surface area contributed by atoms with Crippen LogP contribution in [0.3, 0.4) is 0 Å². The van der Waals surface area contributed by atoms with Gasteiger partial charge in [-0.05, 0) is 47.0 Å². The first-order valence-corrected chi connectivity index (χ1v) is 9.61. The van der Waals surface area contributed by atoms with Gasteiger partial charge in [-0.25, -0.2) is 14.7 Å². The molecule has 4 rings (SSSR count). The van der Waals surface area contributed by atoms with Gasteiger partial charge in [0.2, 0.25) is 5.91 Å². The van der Waals surface area contributed by atoms with Gasteiger partial charge < -0.3 is 0 Å². The van der Waals surface area contributed by atoms with Crippen molar-refractivity contribution >= 4 is 23.8 Å². The average molecular weight is 438 g/mol. The number of anilines is 1. The molecule has 9 heteroatoms. The Kier molecular flexibility index (Phi) is 5.48. The van der Waals surface area contributed by atoms with Crippen LogP contribution in [0.5, 0.6) is 0 Å². The van der Waals surface area contributed by atoms with E-state index in [4.69, 9.17) is 0 Å². The number of hydrazone groups is 1. The van der Waals surface area contributed by atoms with Gasteiger partial charge in [0.15, 0.2) is 0 Å². The number of carbonyl (C=O) groups is 2. The van der Waals surface area contributed by atoms with Crippen molar-refractivity contribution in [3.63, 3.8) is 0 Å². The predicted octanol–water partition coefficient (Wildman–Crippen LogP) is 5.09. The van der Waals surface area contributed by atoms with E-state index >= 15 is 0 Å². The maximum Gasteiger partial charge on any atom is 0.416 e. The zero-order valence-electron chi connectivity index (χ0n) is 16.9. The third kappa shape index (κ3) is 4.22. The van der Waals surface area contributed by atoms with E-state index in [9.17, 15) is 22.8 Å². The molecule has 0 bridgehead atoms. The normalized spacial score (nSPS) is 14.1. The molecule has 0 spiro atoms. The largest absolute Gasteiger partial charge is 0.416 e. The van der Waals surface area contributed by atoms with Gasteiger partial charge in [0.05, 0.1) is 24.0 Å². The molecule has 0 saturated carbocycles. The molecule has 0 N–H and O–H groups in total. The first-order chi connectivity index (χ1) is 15.2. The summed E-state index contributed by atoms with van der Waals surface area (Å²) in [5, 5.41) is 5.37. The molecule has 0 saturated heterocycles. The van der Waals surface area contributed by atoms with E-state index in [-0.39, 0.29) is 6.54 Å². The van der Waals surface area contributed by atoms with Crippen molar-refractivity contribution in [3.8, 4) is 11.1 Å². The quantitative estimate of drug-likeness (QED) is 0.535. The molecule has 2 aromatic carbocycles. The summed E-state index contributed by atoms with van der Waals surface area (Å²) >= 11 is 0. The van der Waals surface area contributed by atoms with Crippen LogP contribution in [0.4, 0.5) is 23.7 Å². The fourth-order valence-corrected chi connectivity index (χ4v) is 3.39. The zero-order valence-corrected chi connectivity index (χ0v) is 16.9. The number of hydrogen-bond acceptors (Lipinski definition) is 4. The molecule has 0 fully saturated rings. The second-order valence-electron chi connectivity index (χ2n) is 7.14. The second-order valence-corrected chi connectivity index (χ2v) is 7.14. The average Bonchev–Trinajstić information content (AvgIpc) is 2.77. The number of fused-ring (bicyclic) bond motifs is 1. The maximum absolute atomic E-state index is 12.8. The number of benzene rings is 2. The summed E-state index contributed by atoms with van der Waals surface area (Å²) in [4.78, 5) is 30.0. The minimum atomic E-state index is -4.41. The van der Waals surface area contributed by atoms with Gasteiger partial charge in [-0.1, -0.05) is 24.3 Å². The van der Waals surface area contributed by atoms with Crippen molar-refractivity contribution in [2.24, 2.45) is 5.10 Å². The lowest BCUT2D eigenvalue weighted by Crippen LogP contribution is -2.47. The Labute approximate surface area is 181 Å². The summed E-state index contributed by atoms with van der Waals surface area (Å²) in [6, 6.07) is 12.7. The van der Waals surface area contributed by atoms with Gasteiger partial charge in [0.1, 0.15) is 0 Å². The summed E-state index contributed by atoms with van der Waals surface area (Å²) < 4.78 is 38.5. The smallest absolute Gasteiger partial charge is 0.274 e. The van der Waals surface area contributed by atoms with Crippen LogP contribution in [-0.4, -0.2) is 28.1 Å². The Hall–Kier alpha value is -4.01. The van der Waals surface area contributed by atoms with Gasteiger partial charge in [0, 0.05) is 24.9 Å². The highest BCUT2D eigenvalue weighted by Crippen LogP contribution is 2.35. The lowest BCUT2D eigenvalue weighted by atomic mass is 9.99. The predicted molar refractivity (Wildman–Crippen MR) is 113 cm³/mol. The molecule has 6 nitrogen and oxygen atoms in total.